The van der Waals surface area contributed by atoms with Crippen LogP contribution in [-0.4, -0.2) is 91.8 Å². The van der Waals surface area contributed by atoms with Crippen molar-refractivity contribution in [3.05, 3.63) is 12.7 Å². The maximum absolute atomic E-state index is 12.2. The number of carbonyl (C=O) groups is 2. The number of amides is 2. The minimum Gasteiger partial charge on any atom is -0.369 e. The van der Waals surface area contributed by atoms with Crippen LogP contribution in [0, 0.1) is 0 Å². The zero-order valence-electron chi connectivity index (χ0n) is 19.1. The highest BCUT2D eigenvalue weighted by atomic mass is 32.2. The summed E-state index contributed by atoms with van der Waals surface area (Å²) in [6.07, 6.45) is 2.09. The molecule has 0 radical (unpaired) electrons. The smallest absolute Gasteiger partial charge is 0.369 e. The second-order valence-electron chi connectivity index (χ2n) is 5.59. The van der Waals surface area contributed by atoms with Gasteiger partial charge in [-0.15, -0.1) is 30.1 Å². The molecule has 2 amide bonds. The van der Waals surface area contributed by atoms with Crippen LogP contribution in [-0.2, 0) is 45.3 Å². The van der Waals surface area contributed by atoms with Crippen molar-refractivity contribution in [1.29, 1.82) is 0 Å². The van der Waals surface area contributed by atoms with Gasteiger partial charge in [0.15, 0.2) is 0 Å². The van der Waals surface area contributed by atoms with Gasteiger partial charge in [-0.3, -0.25) is 18.0 Å². The number of rotatable bonds is 13. The van der Waals surface area contributed by atoms with E-state index in [0.717, 1.165) is 0 Å². The van der Waals surface area contributed by atoms with Crippen molar-refractivity contribution in [3.8, 4) is 0 Å². The lowest BCUT2D eigenvalue weighted by Crippen LogP contribution is -2.35. The van der Waals surface area contributed by atoms with E-state index in [-0.39, 0.29) is 19.8 Å². The fourth-order valence-electron chi connectivity index (χ4n) is 1.29. The lowest BCUT2D eigenvalue weighted by Gasteiger charge is -2.19. The van der Waals surface area contributed by atoms with Gasteiger partial charge >= 0.3 is 12.2 Å². The number of carbonyl (C=O) groups excluding carboxylic acids is 2. The molecule has 13 nitrogen and oxygen atoms in total. The molecule has 0 aromatic heterocycles. The van der Waals surface area contributed by atoms with Gasteiger partial charge in [0.25, 0.3) is 22.5 Å². The largest absolute Gasteiger partial charge is 0.449 e. The highest BCUT2D eigenvalue weighted by molar-refractivity contribution is 8.13. The first-order valence-electron chi connectivity index (χ1n) is 8.96. The monoisotopic (exact) mass is 548 g/mol. The number of thioether (sulfide) groups is 2. The molecule has 0 N–H and O–H groups in total. The highest BCUT2D eigenvalue weighted by Gasteiger charge is 2.23. The first kappa shape index (κ1) is 31.5. The maximum atomic E-state index is 12.2. The molecule has 0 saturated carbocycles. The van der Waals surface area contributed by atoms with E-state index in [2.05, 4.69) is 26.6 Å². The van der Waals surface area contributed by atoms with Crippen LogP contribution in [0.4, 0.5) is 9.59 Å². The Labute approximate surface area is 206 Å². The lowest BCUT2D eigenvalue weighted by atomic mass is 10.4. The van der Waals surface area contributed by atoms with Gasteiger partial charge in [-0.2, -0.15) is 0 Å². The molecule has 2 unspecified atom stereocenters. The summed E-state index contributed by atoms with van der Waals surface area (Å²) in [4.78, 5) is 32.9. The third-order valence-electron chi connectivity index (χ3n) is 3.22. The molecule has 190 valence electrons. The fourth-order valence-corrected chi connectivity index (χ4v) is 2.68. The molecule has 0 fully saturated rings. The standard InChI is InChI=1S/C16H28N4O9S4/c1-8-9-25-14(10-26-32(23)19(4)15(21)28-17-12(2)30-6)11-27-33(24)20(5)16(22)29-18-13(3)31-7/h8,14H,1,9-11H2,2-7H3/b17-12+,18-13+. The molecule has 2 atom stereocenters. The molecule has 0 heterocycles. The minimum absolute atomic E-state index is 0.0811. The third kappa shape index (κ3) is 13.7. The first-order valence-corrected chi connectivity index (χ1v) is 13.5. The topological polar surface area (TPSA) is 146 Å². The van der Waals surface area contributed by atoms with Gasteiger partial charge in [-0.05, 0) is 26.4 Å². The molecule has 0 aliphatic heterocycles. The fraction of sp³-hybridized carbons (Fsp3) is 0.625. The zero-order chi connectivity index (χ0) is 25.4. The van der Waals surface area contributed by atoms with Crippen LogP contribution >= 0.6 is 23.5 Å². The highest BCUT2D eigenvalue weighted by Crippen LogP contribution is 2.07. The number of ether oxygens (including phenoxy) is 1. The quantitative estimate of drug-likeness (QED) is 0.110. The number of nitrogens with zero attached hydrogens (tertiary/aromatic N) is 4. The molecule has 0 bridgehead atoms. The molecular weight excluding hydrogens is 520 g/mol. The van der Waals surface area contributed by atoms with Crippen LogP contribution in [0.3, 0.4) is 0 Å². The van der Waals surface area contributed by atoms with E-state index in [0.29, 0.717) is 18.7 Å². The molecule has 0 aromatic carbocycles. The molecule has 0 aromatic rings. The predicted molar refractivity (Wildman–Crippen MR) is 130 cm³/mol. The van der Waals surface area contributed by atoms with E-state index in [9.17, 15) is 18.0 Å². The van der Waals surface area contributed by atoms with E-state index in [1.807, 2.05) is 0 Å². The maximum Gasteiger partial charge on any atom is 0.449 e. The van der Waals surface area contributed by atoms with Crippen molar-refractivity contribution < 1.29 is 40.8 Å². The molecule has 0 saturated heterocycles. The van der Waals surface area contributed by atoms with Crippen molar-refractivity contribution >= 4 is 68.3 Å². The Kier molecular flexibility index (Phi) is 17.1. The Morgan fingerprint density at radius 1 is 0.939 bits per heavy atom. The molecule has 0 rings (SSSR count). The summed E-state index contributed by atoms with van der Waals surface area (Å²) >= 11 is -1.93. The van der Waals surface area contributed by atoms with Crippen LogP contribution in [0.1, 0.15) is 13.8 Å². The van der Waals surface area contributed by atoms with Gasteiger partial charge in [-0.25, -0.2) is 26.6 Å². The van der Waals surface area contributed by atoms with Gasteiger partial charge < -0.3 is 4.74 Å². The Hall–Kier alpha value is -1.50. The van der Waals surface area contributed by atoms with Crippen LogP contribution in [0.25, 0.3) is 0 Å². The normalized spacial score (nSPS) is 14.7. The van der Waals surface area contributed by atoms with E-state index in [1.165, 1.54) is 43.7 Å². The van der Waals surface area contributed by atoms with E-state index >= 15 is 0 Å². The van der Waals surface area contributed by atoms with Gasteiger partial charge in [0.2, 0.25) is 0 Å². The van der Waals surface area contributed by atoms with Gasteiger partial charge in [-0.1, -0.05) is 16.4 Å². The number of oxime groups is 2. The molecule has 17 heteroatoms. The van der Waals surface area contributed by atoms with E-state index < -0.39 is 40.8 Å². The van der Waals surface area contributed by atoms with Crippen molar-refractivity contribution in [2.45, 2.75) is 20.0 Å². The molecule has 0 aliphatic rings. The van der Waals surface area contributed by atoms with E-state index in [4.69, 9.17) is 13.1 Å². The molecular formula is C16H28N4O9S4. The number of hydrogen-bond acceptors (Lipinski definition) is 13. The van der Waals surface area contributed by atoms with Gasteiger partial charge in [0.1, 0.15) is 16.2 Å². The average molecular weight is 549 g/mol. The van der Waals surface area contributed by atoms with Gasteiger partial charge in [0, 0.05) is 14.1 Å². The summed E-state index contributed by atoms with van der Waals surface area (Å²) < 4.78 is 41.3. The second kappa shape index (κ2) is 17.9. The summed E-state index contributed by atoms with van der Waals surface area (Å²) in [5.74, 6) is 0. The number of hydrogen-bond donors (Lipinski definition) is 0. The Bertz CT molecular complexity index is 710. The van der Waals surface area contributed by atoms with Crippen LogP contribution in [0.15, 0.2) is 23.0 Å². The molecule has 0 spiro atoms. The summed E-state index contributed by atoms with van der Waals surface area (Å²) in [6, 6.07) is 0. The Morgan fingerprint density at radius 3 is 1.67 bits per heavy atom. The summed E-state index contributed by atoms with van der Waals surface area (Å²) in [5.41, 5.74) is 0. The first-order chi connectivity index (χ1) is 15.6. The van der Waals surface area contributed by atoms with Crippen molar-refractivity contribution in [3.63, 3.8) is 0 Å². The van der Waals surface area contributed by atoms with Crippen molar-refractivity contribution in [2.75, 3.05) is 46.4 Å². The summed E-state index contributed by atoms with van der Waals surface area (Å²) in [6.45, 7) is 6.24. The van der Waals surface area contributed by atoms with Gasteiger partial charge in [0.05, 0.1) is 19.8 Å². The Morgan fingerprint density at radius 2 is 1.33 bits per heavy atom. The van der Waals surface area contributed by atoms with E-state index in [1.54, 1.807) is 26.4 Å². The zero-order valence-corrected chi connectivity index (χ0v) is 22.3. The van der Waals surface area contributed by atoms with Crippen LogP contribution in [0.2, 0.25) is 0 Å². The van der Waals surface area contributed by atoms with Crippen LogP contribution < -0.4 is 0 Å². The minimum atomic E-state index is -2.23. The summed E-state index contributed by atoms with van der Waals surface area (Å²) in [7, 11) is 2.38. The van der Waals surface area contributed by atoms with Crippen LogP contribution in [0.5, 0.6) is 0 Å². The predicted octanol–water partition coefficient (Wildman–Crippen LogP) is 2.28. The average Bonchev–Trinajstić information content (AvgIpc) is 2.82. The molecule has 33 heavy (non-hydrogen) atoms. The van der Waals surface area contributed by atoms with Crippen molar-refractivity contribution in [1.82, 2.24) is 8.61 Å². The SMILES string of the molecule is C=CCOC(COS(=O)N(C)C(=O)O/N=C(\C)SC)COS(=O)N(C)C(=O)O/N=C(\C)SC. The second-order valence-corrected chi connectivity index (χ2v) is 10.0. The molecule has 0 aliphatic carbocycles. The third-order valence-corrected chi connectivity index (χ3v) is 6.41. The Balaban J connectivity index is 4.77. The summed E-state index contributed by atoms with van der Waals surface area (Å²) in [5, 5.41) is 8.08. The van der Waals surface area contributed by atoms with Crippen molar-refractivity contribution in [2.24, 2.45) is 10.3 Å². The lowest BCUT2D eigenvalue weighted by molar-refractivity contribution is 0.00964.